The SMILES string of the molecule is COCC(=O)N1CCN(C(=O)Nc2ccccc2)C[C@@H]1C(=O)N[C@H](C)C(=O)OC. The van der Waals surface area contributed by atoms with Gasteiger partial charge in [-0.15, -0.1) is 0 Å². The highest BCUT2D eigenvalue weighted by atomic mass is 16.5. The van der Waals surface area contributed by atoms with Crippen LogP contribution in [0.3, 0.4) is 0 Å². The summed E-state index contributed by atoms with van der Waals surface area (Å²) in [6.45, 7) is 1.69. The molecule has 0 aliphatic carbocycles. The van der Waals surface area contributed by atoms with Crippen molar-refractivity contribution in [3.63, 3.8) is 0 Å². The Morgan fingerprint density at radius 2 is 1.83 bits per heavy atom. The zero-order valence-electron chi connectivity index (χ0n) is 16.7. The summed E-state index contributed by atoms with van der Waals surface area (Å²) in [5, 5.41) is 5.29. The van der Waals surface area contributed by atoms with Crippen LogP contribution < -0.4 is 10.6 Å². The van der Waals surface area contributed by atoms with Crippen LogP contribution in [0.2, 0.25) is 0 Å². The van der Waals surface area contributed by atoms with Gasteiger partial charge in [-0.05, 0) is 19.1 Å². The predicted molar refractivity (Wildman–Crippen MR) is 104 cm³/mol. The summed E-state index contributed by atoms with van der Waals surface area (Å²) in [4.78, 5) is 52.1. The average molecular weight is 406 g/mol. The van der Waals surface area contributed by atoms with Crippen molar-refractivity contribution in [3.8, 4) is 0 Å². The minimum atomic E-state index is -0.958. The number of anilines is 1. The summed E-state index contributed by atoms with van der Waals surface area (Å²) >= 11 is 0. The fourth-order valence-electron chi connectivity index (χ4n) is 2.97. The Morgan fingerprint density at radius 3 is 2.45 bits per heavy atom. The van der Waals surface area contributed by atoms with Gasteiger partial charge in [0.2, 0.25) is 11.8 Å². The fourth-order valence-corrected chi connectivity index (χ4v) is 2.97. The van der Waals surface area contributed by atoms with Crippen LogP contribution in [0.5, 0.6) is 0 Å². The van der Waals surface area contributed by atoms with Gasteiger partial charge in [0, 0.05) is 25.9 Å². The van der Waals surface area contributed by atoms with Crippen LogP contribution in [0.25, 0.3) is 0 Å². The quantitative estimate of drug-likeness (QED) is 0.645. The molecule has 2 atom stereocenters. The predicted octanol–water partition coefficient (Wildman–Crippen LogP) is 0.0554. The van der Waals surface area contributed by atoms with E-state index >= 15 is 0 Å². The van der Waals surface area contributed by atoms with Gasteiger partial charge in [-0.2, -0.15) is 0 Å². The molecule has 29 heavy (non-hydrogen) atoms. The lowest BCUT2D eigenvalue weighted by atomic mass is 10.1. The molecule has 0 spiro atoms. The van der Waals surface area contributed by atoms with Gasteiger partial charge >= 0.3 is 12.0 Å². The number of para-hydroxylation sites is 1. The van der Waals surface area contributed by atoms with E-state index in [4.69, 9.17) is 4.74 Å². The molecule has 1 aromatic rings. The fraction of sp³-hybridized carbons (Fsp3) is 0.474. The van der Waals surface area contributed by atoms with E-state index in [2.05, 4.69) is 15.4 Å². The lowest BCUT2D eigenvalue weighted by molar-refractivity contribution is -0.148. The standard InChI is InChI=1S/C19H26N4O6/c1-13(18(26)29-3)20-17(25)15-11-22(9-10-23(15)16(24)12-28-2)19(27)21-14-7-5-4-6-8-14/h4-8,13,15H,9-12H2,1-3H3,(H,20,25)(H,21,27)/t13-,15-/m1/s1. The summed E-state index contributed by atoms with van der Waals surface area (Å²) in [5.41, 5.74) is 0.621. The molecule has 2 rings (SSSR count). The first-order chi connectivity index (χ1) is 13.9. The molecule has 0 unspecified atom stereocenters. The van der Waals surface area contributed by atoms with Gasteiger partial charge in [0.25, 0.3) is 0 Å². The number of urea groups is 1. The molecule has 1 aliphatic heterocycles. The maximum absolute atomic E-state index is 12.8. The Kier molecular flexibility index (Phi) is 7.96. The van der Waals surface area contributed by atoms with Crippen molar-refractivity contribution in [3.05, 3.63) is 30.3 Å². The molecule has 1 heterocycles. The first kappa shape index (κ1) is 22.2. The molecule has 0 bridgehead atoms. The number of carbonyl (C=O) groups is 4. The minimum Gasteiger partial charge on any atom is -0.467 e. The topological polar surface area (TPSA) is 117 Å². The van der Waals surface area contributed by atoms with Crippen molar-refractivity contribution < 1.29 is 28.7 Å². The van der Waals surface area contributed by atoms with E-state index in [9.17, 15) is 19.2 Å². The van der Waals surface area contributed by atoms with Crippen LogP contribution in [-0.2, 0) is 23.9 Å². The Bertz CT molecular complexity index is 741. The van der Waals surface area contributed by atoms with Crippen molar-refractivity contribution in [1.29, 1.82) is 0 Å². The van der Waals surface area contributed by atoms with Gasteiger partial charge in [0.05, 0.1) is 13.7 Å². The number of piperazine rings is 1. The van der Waals surface area contributed by atoms with E-state index in [-0.39, 0.29) is 38.2 Å². The first-order valence-corrected chi connectivity index (χ1v) is 9.15. The Labute approximate surface area is 169 Å². The van der Waals surface area contributed by atoms with Gasteiger partial charge in [0.15, 0.2) is 0 Å². The molecular formula is C19H26N4O6. The zero-order chi connectivity index (χ0) is 21.4. The number of ether oxygens (including phenoxy) is 2. The zero-order valence-corrected chi connectivity index (χ0v) is 16.7. The third-order valence-corrected chi connectivity index (χ3v) is 4.50. The number of esters is 1. The largest absolute Gasteiger partial charge is 0.467 e. The van der Waals surface area contributed by atoms with Crippen molar-refractivity contribution in [2.75, 3.05) is 45.8 Å². The number of hydrogen-bond donors (Lipinski definition) is 2. The molecule has 1 aliphatic rings. The molecule has 4 amide bonds. The Hall–Kier alpha value is -3.14. The smallest absolute Gasteiger partial charge is 0.328 e. The van der Waals surface area contributed by atoms with Gasteiger partial charge in [0.1, 0.15) is 18.7 Å². The third-order valence-electron chi connectivity index (χ3n) is 4.50. The molecule has 1 aromatic carbocycles. The highest BCUT2D eigenvalue weighted by Gasteiger charge is 2.37. The van der Waals surface area contributed by atoms with E-state index in [1.165, 1.54) is 30.9 Å². The lowest BCUT2D eigenvalue weighted by Gasteiger charge is -2.40. The van der Waals surface area contributed by atoms with E-state index in [0.29, 0.717) is 5.69 Å². The van der Waals surface area contributed by atoms with Crippen LogP contribution in [-0.4, -0.2) is 86.2 Å². The summed E-state index contributed by atoms with van der Waals surface area (Å²) in [6, 6.07) is 6.69. The number of amides is 4. The second-order valence-electron chi connectivity index (χ2n) is 6.53. The molecule has 1 fully saturated rings. The molecule has 10 nitrogen and oxygen atoms in total. The van der Waals surface area contributed by atoms with Crippen molar-refractivity contribution >= 4 is 29.5 Å². The molecular weight excluding hydrogens is 380 g/mol. The number of hydrogen-bond acceptors (Lipinski definition) is 6. The van der Waals surface area contributed by atoms with E-state index in [0.717, 1.165) is 0 Å². The number of rotatable bonds is 6. The summed E-state index contributed by atoms with van der Waals surface area (Å²) < 4.78 is 9.50. The normalized spacial score (nSPS) is 17.3. The molecule has 0 aromatic heterocycles. The maximum atomic E-state index is 12.8. The van der Waals surface area contributed by atoms with Crippen LogP contribution >= 0.6 is 0 Å². The third kappa shape index (κ3) is 5.92. The molecule has 0 radical (unpaired) electrons. The summed E-state index contributed by atoms with van der Waals surface area (Å²) in [5.74, 6) is -1.53. The number of benzene rings is 1. The van der Waals surface area contributed by atoms with Gasteiger partial charge in [-0.25, -0.2) is 9.59 Å². The maximum Gasteiger partial charge on any atom is 0.328 e. The van der Waals surface area contributed by atoms with Crippen LogP contribution in [0, 0.1) is 0 Å². The summed E-state index contributed by atoms with van der Waals surface area (Å²) in [7, 11) is 2.60. The average Bonchev–Trinajstić information content (AvgIpc) is 2.73. The van der Waals surface area contributed by atoms with E-state index in [1.807, 2.05) is 6.07 Å². The molecule has 0 saturated carbocycles. The van der Waals surface area contributed by atoms with Gasteiger partial charge in [-0.3, -0.25) is 9.59 Å². The monoisotopic (exact) mass is 406 g/mol. The van der Waals surface area contributed by atoms with Crippen molar-refractivity contribution in [1.82, 2.24) is 15.1 Å². The summed E-state index contributed by atoms with van der Waals surface area (Å²) in [6.07, 6.45) is 0. The number of methoxy groups -OCH3 is 2. The van der Waals surface area contributed by atoms with Gasteiger partial charge < -0.3 is 29.9 Å². The number of nitrogens with one attached hydrogen (secondary N) is 2. The second kappa shape index (κ2) is 10.4. The highest BCUT2D eigenvalue weighted by molar-refractivity contribution is 5.93. The minimum absolute atomic E-state index is 0.0200. The van der Waals surface area contributed by atoms with Crippen LogP contribution in [0.1, 0.15) is 6.92 Å². The number of carbonyl (C=O) groups excluding carboxylic acids is 4. The Morgan fingerprint density at radius 1 is 1.14 bits per heavy atom. The molecule has 10 heteroatoms. The second-order valence-corrected chi connectivity index (χ2v) is 6.53. The molecule has 2 N–H and O–H groups in total. The Balaban J connectivity index is 2.12. The van der Waals surface area contributed by atoms with Crippen LogP contribution in [0.4, 0.5) is 10.5 Å². The highest BCUT2D eigenvalue weighted by Crippen LogP contribution is 2.14. The van der Waals surface area contributed by atoms with Crippen molar-refractivity contribution in [2.24, 2.45) is 0 Å². The van der Waals surface area contributed by atoms with E-state index < -0.39 is 24.0 Å². The first-order valence-electron chi connectivity index (χ1n) is 9.15. The number of nitrogens with zero attached hydrogens (tertiary/aromatic N) is 2. The lowest BCUT2D eigenvalue weighted by Crippen LogP contribution is -2.63. The van der Waals surface area contributed by atoms with Crippen LogP contribution in [0.15, 0.2) is 30.3 Å². The molecule has 1 saturated heterocycles. The van der Waals surface area contributed by atoms with E-state index in [1.54, 1.807) is 24.3 Å². The van der Waals surface area contributed by atoms with Gasteiger partial charge in [-0.1, -0.05) is 18.2 Å². The van der Waals surface area contributed by atoms with Crippen molar-refractivity contribution in [2.45, 2.75) is 19.0 Å². The molecule has 158 valence electrons.